The van der Waals surface area contributed by atoms with Gasteiger partial charge in [-0.3, -0.25) is 0 Å². The summed E-state index contributed by atoms with van der Waals surface area (Å²) in [5, 5.41) is 7.76. The van der Waals surface area contributed by atoms with Gasteiger partial charge in [0.25, 0.3) is 0 Å². The van der Waals surface area contributed by atoms with Crippen molar-refractivity contribution in [3.05, 3.63) is 17.0 Å². The Kier molecular flexibility index (Phi) is 4.44. The van der Waals surface area contributed by atoms with Crippen molar-refractivity contribution in [3.63, 3.8) is 0 Å². The van der Waals surface area contributed by atoms with Gasteiger partial charge in [-0.15, -0.1) is 0 Å². The number of nitrogens with one attached hydrogen (secondary N) is 1. The molecule has 2 rings (SSSR count). The lowest BCUT2D eigenvalue weighted by Crippen LogP contribution is -2.40. The molecule has 1 N–H and O–H groups in total. The molecule has 1 aliphatic rings. The van der Waals surface area contributed by atoms with Crippen LogP contribution in [-0.4, -0.2) is 11.2 Å². The summed E-state index contributed by atoms with van der Waals surface area (Å²) in [6.07, 6.45) is 5.44. The van der Waals surface area contributed by atoms with E-state index in [4.69, 9.17) is 4.52 Å². The summed E-state index contributed by atoms with van der Waals surface area (Å²) >= 11 is 0. The predicted octanol–water partition coefficient (Wildman–Crippen LogP) is 3.60. The van der Waals surface area contributed by atoms with Crippen molar-refractivity contribution in [1.29, 1.82) is 0 Å². The van der Waals surface area contributed by atoms with Crippen molar-refractivity contribution >= 4 is 0 Å². The standard InChI is InChI=1S/C15H26N2O/c1-10(2)13-7-5-6-8-15(13)16-9-14-11(3)17-18-12(14)4/h10,13,15-16H,5-9H2,1-4H3. The zero-order chi connectivity index (χ0) is 13.1. The Labute approximate surface area is 110 Å². The zero-order valence-corrected chi connectivity index (χ0v) is 12.1. The Balaban J connectivity index is 1.96. The molecule has 2 unspecified atom stereocenters. The number of hydrogen-bond donors (Lipinski definition) is 1. The SMILES string of the molecule is Cc1noc(C)c1CNC1CCCCC1C(C)C. The van der Waals surface area contributed by atoms with Gasteiger partial charge in [0.2, 0.25) is 0 Å². The van der Waals surface area contributed by atoms with Crippen molar-refractivity contribution in [2.75, 3.05) is 0 Å². The maximum Gasteiger partial charge on any atom is 0.138 e. The smallest absolute Gasteiger partial charge is 0.138 e. The quantitative estimate of drug-likeness (QED) is 0.887. The lowest BCUT2D eigenvalue weighted by molar-refractivity contribution is 0.204. The molecule has 0 bridgehead atoms. The fourth-order valence-corrected chi connectivity index (χ4v) is 3.20. The molecule has 2 atom stereocenters. The molecule has 1 saturated carbocycles. The Morgan fingerprint density at radius 3 is 2.61 bits per heavy atom. The molecule has 3 heteroatoms. The summed E-state index contributed by atoms with van der Waals surface area (Å²) in [5.74, 6) is 2.54. The molecule has 18 heavy (non-hydrogen) atoms. The van der Waals surface area contributed by atoms with Crippen LogP contribution in [0, 0.1) is 25.7 Å². The van der Waals surface area contributed by atoms with Crippen LogP contribution in [0.2, 0.25) is 0 Å². The summed E-state index contributed by atoms with van der Waals surface area (Å²) in [4.78, 5) is 0. The lowest BCUT2D eigenvalue weighted by atomic mass is 9.78. The average Bonchev–Trinajstić information content (AvgIpc) is 2.67. The topological polar surface area (TPSA) is 38.1 Å². The third-order valence-electron chi connectivity index (χ3n) is 4.40. The van der Waals surface area contributed by atoms with E-state index < -0.39 is 0 Å². The van der Waals surface area contributed by atoms with Crippen molar-refractivity contribution in [2.45, 2.75) is 66.0 Å². The lowest BCUT2D eigenvalue weighted by Gasteiger charge is -2.35. The van der Waals surface area contributed by atoms with Gasteiger partial charge in [0.1, 0.15) is 5.76 Å². The molecule has 0 spiro atoms. The molecule has 1 heterocycles. The molecule has 0 aromatic carbocycles. The third-order valence-corrected chi connectivity index (χ3v) is 4.40. The number of hydrogen-bond acceptors (Lipinski definition) is 3. The molecular formula is C15H26N2O. The summed E-state index contributed by atoms with van der Waals surface area (Å²) in [5.41, 5.74) is 2.26. The highest BCUT2D eigenvalue weighted by Gasteiger charge is 2.27. The van der Waals surface area contributed by atoms with E-state index in [-0.39, 0.29) is 0 Å². The molecule has 1 aliphatic carbocycles. The largest absolute Gasteiger partial charge is 0.361 e. The Hall–Kier alpha value is -0.830. The predicted molar refractivity (Wildman–Crippen MR) is 73.4 cm³/mol. The fourth-order valence-electron chi connectivity index (χ4n) is 3.20. The van der Waals surface area contributed by atoms with Crippen LogP contribution in [0.1, 0.15) is 56.5 Å². The molecule has 3 nitrogen and oxygen atoms in total. The van der Waals surface area contributed by atoms with Crippen molar-refractivity contribution in [2.24, 2.45) is 11.8 Å². The van der Waals surface area contributed by atoms with Crippen LogP contribution < -0.4 is 5.32 Å². The second kappa shape index (κ2) is 5.87. The van der Waals surface area contributed by atoms with Crippen LogP contribution in [0.15, 0.2) is 4.52 Å². The Morgan fingerprint density at radius 1 is 1.28 bits per heavy atom. The summed E-state index contributed by atoms with van der Waals surface area (Å²) in [6.45, 7) is 9.61. The van der Waals surface area contributed by atoms with Crippen LogP contribution in [0.5, 0.6) is 0 Å². The highest BCUT2D eigenvalue weighted by atomic mass is 16.5. The van der Waals surface area contributed by atoms with E-state index in [0.717, 1.165) is 29.8 Å². The minimum absolute atomic E-state index is 0.660. The number of rotatable bonds is 4. The minimum Gasteiger partial charge on any atom is -0.361 e. The fraction of sp³-hybridized carbons (Fsp3) is 0.800. The third kappa shape index (κ3) is 2.94. The molecule has 0 saturated heterocycles. The maximum atomic E-state index is 5.22. The highest BCUT2D eigenvalue weighted by Crippen LogP contribution is 2.30. The van der Waals surface area contributed by atoms with Gasteiger partial charge < -0.3 is 9.84 Å². The first-order valence-electron chi connectivity index (χ1n) is 7.24. The molecule has 0 amide bonds. The van der Waals surface area contributed by atoms with E-state index in [2.05, 4.69) is 24.3 Å². The number of aromatic nitrogens is 1. The normalized spacial score (nSPS) is 24.7. The molecule has 1 aromatic heterocycles. The van der Waals surface area contributed by atoms with E-state index in [1.54, 1.807) is 0 Å². The van der Waals surface area contributed by atoms with Gasteiger partial charge in [0.05, 0.1) is 5.69 Å². The first-order chi connectivity index (χ1) is 8.59. The molecule has 1 fully saturated rings. The van der Waals surface area contributed by atoms with Gasteiger partial charge in [-0.1, -0.05) is 31.8 Å². The molecule has 1 aromatic rings. The average molecular weight is 250 g/mol. The first-order valence-corrected chi connectivity index (χ1v) is 7.24. The van der Waals surface area contributed by atoms with E-state index in [0.29, 0.717) is 6.04 Å². The van der Waals surface area contributed by atoms with Gasteiger partial charge >= 0.3 is 0 Å². The van der Waals surface area contributed by atoms with Crippen molar-refractivity contribution in [3.8, 4) is 0 Å². The van der Waals surface area contributed by atoms with Crippen molar-refractivity contribution < 1.29 is 4.52 Å². The Morgan fingerprint density at radius 2 is 2.00 bits per heavy atom. The summed E-state index contributed by atoms with van der Waals surface area (Å²) in [7, 11) is 0. The first kappa shape index (κ1) is 13.6. The Bertz CT molecular complexity index is 364. The minimum atomic E-state index is 0.660. The molecule has 0 radical (unpaired) electrons. The highest BCUT2D eigenvalue weighted by molar-refractivity contribution is 5.20. The van der Waals surface area contributed by atoms with Gasteiger partial charge in [-0.05, 0) is 38.5 Å². The van der Waals surface area contributed by atoms with E-state index in [9.17, 15) is 0 Å². The second-order valence-electron chi connectivity index (χ2n) is 5.98. The summed E-state index contributed by atoms with van der Waals surface area (Å²) < 4.78 is 5.22. The van der Waals surface area contributed by atoms with Gasteiger partial charge in [0.15, 0.2) is 0 Å². The van der Waals surface area contributed by atoms with Crippen LogP contribution in [-0.2, 0) is 6.54 Å². The number of aryl methyl sites for hydroxylation is 2. The summed E-state index contributed by atoms with van der Waals surface area (Å²) in [6, 6.07) is 0.660. The van der Waals surface area contributed by atoms with E-state index in [1.165, 1.54) is 31.2 Å². The van der Waals surface area contributed by atoms with E-state index in [1.807, 2.05) is 13.8 Å². The van der Waals surface area contributed by atoms with Gasteiger partial charge in [0, 0.05) is 18.2 Å². The monoisotopic (exact) mass is 250 g/mol. The van der Waals surface area contributed by atoms with Crippen LogP contribution in [0.4, 0.5) is 0 Å². The molecule has 102 valence electrons. The molecular weight excluding hydrogens is 224 g/mol. The van der Waals surface area contributed by atoms with Gasteiger partial charge in [-0.25, -0.2) is 0 Å². The van der Waals surface area contributed by atoms with Crippen LogP contribution >= 0.6 is 0 Å². The van der Waals surface area contributed by atoms with Crippen LogP contribution in [0.25, 0.3) is 0 Å². The van der Waals surface area contributed by atoms with Gasteiger partial charge in [-0.2, -0.15) is 0 Å². The molecule has 0 aliphatic heterocycles. The van der Waals surface area contributed by atoms with E-state index >= 15 is 0 Å². The second-order valence-corrected chi connectivity index (χ2v) is 5.98. The zero-order valence-electron chi connectivity index (χ0n) is 12.1. The van der Waals surface area contributed by atoms with Crippen molar-refractivity contribution in [1.82, 2.24) is 10.5 Å². The van der Waals surface area contributed by atoms with Crippen LogP contribution in [0.3, 0.4) is 0 Å². The maximum absolute atomic E-state index is 5.22. The number of nitrogens with zero attached hydrogens (tertiary/aromatic N) is 1.